The van der Waals surface area contributed by atoms with Crippen LogP contribution in [-0.2, 0) is 80.4 Å². The third-order valence-corrected chi connectivity index (χ3v) is 22.5. The van der Waals surface area contributed by atoms with Gasteiger partial charge in [-0.1, -0.05) is 135 Å². The van der Waals surface area contributed by atoms with E-state index in [1.165, 1.54) is 4.68 Å². The maximum atomic E-state index is 13.6. The second-order valence-corrected chi connectivity index (χ2v) is 32.7. The van der Waals surface area contributed by atoms with Crippen molar-refractivity contribution >= 4 is 66.4 Å². The average molecular weight is 1870 g/mol. The van der Waals surface area contributed by atoms with Gasteiger partial charge in [0.15, 0.2) is 11.6 Å². The summed E-state index contributed by atoms with van der Waals surface area (Å²) in [5.74, 6) is 0.415. The van der Waals surface area contributed by atoms with E-state index in [2.05, 4.69) is 52.1 Å². The van der Waals surface area contributed by atoms with Gasteiger partial charge < -0.3 is 89.0 Å². The van der Waals surface area contributed by atoms with Crippen molar-refractivity contribution in [2.24, 2.45) is 0 Å². The number of likely N-dealkylation sites (N-methyl/N-ethyl adjacent to an activating group) is 1. The van der Waals surface area contributed by atoms with E-state index in [1.807, 2.05) is 182 Å². The number of carbonyl (C=O) groups excluding carboxylic acids is 11. The fraction of sp³-hybridized carbons (Fsp3) is 0.318. The molecule has 12 bridgehead atoms. The molecule has 718 valence electrons. The molecule has 0 unspecified atom stereocenters. The first kappa shape index (κ1) is 102. The number of nitrogens with one attached hydrogen (secondary N) is 6. The maximum absolute atomic E-state index is 13.6. The second kappa shape index (κ2) is 55.7. The van der Waals surface area contributed by atoms with Gasteiger partial charge in [-0.15, -0.1) is 0 Å². The summed E-state index contributed by atoms with van der Waals surface area (Å²) in [6.45, 7) is 8.20. The Morgan fingerprint density at radius 3 is 1.35 bits per heavy atom. The number of nitrogens with zero attached hydrogens (tertiary/aromatic N) is 6. The Morgan fingerprint density at radius 2 is 0.804 bits per heavy atom. The molecular formula is C107H116N12O19. The van der Waals surface area contributed by atoms with Gasteiger partial charge in [-0.2, -0.15) is 10.2 Å². The zero-order valence-corrected chi connectivity index (χ0v) is 77.2. The monoisotopic (exact) mass is 1870 g/mol. The third-order valence-electron chi connectivity index (χ3n) is 22.5. The highest BCUT2D eigenvalue weighted by atomic mass is 16.5. The molecule has 18 rings (SSSR count). The number of hydrogen-bond acceptors (Lipinski definition) is 23. The molecule has 7 aliphatic heterocycles. The maximum Gasteiger partial charge on any atom is 0.289 e. The number of hydrogen-bond donors (Lipinski definition) is 6. The summed E-state index contributed by atoms with van der Waals surface area (Å²) in [6.07, 6.45) is 29.2. The largest absolute Gasteiger partial charge is 0.494 e. The number of allylic oxidation sites excluding steroid dienone is 1. The van der Waals surface area contributed by atoms with E-state index in [9.17, 15) is 52.7 Å². The van der Waals surface area contributed by atoms with Gasteiger partial charge in [-0.3, -0.25) is 33.6 Å². The van der Waals surface area contributed by atoms with Gasteiger partial charge in [-0.25, -0.2) is 19.3 Å². The predicted octanol–water partition coefficient (Wildman–Crippen LogP) is 13.7. The van der Waals surface area contributed by atoms with Crippen molar-refractivity contribution in [1.29, 1.82) is 0 Å². The van der Waals surface area contributed by atoms with Crippen LogP contribution >= 0.6 is 0 Å². The summed E-state index contributed by atoms with van der Waals surface area (Å²) >= 11 is 0. The van der Waals surface area contributed by atoms with Crippen LogP contribution in [0.5, 0.6) is 23.0 Å². The van der Waals surface area contributed by atoms with Crippen LogP contribution in [0.4, 0.5) is 0 Å². The molecule has 31 nitrogen and oxygen atoms in total. The first-order chi connectivity index (χ1) is 67.6. The Labute approximate surface area is 801 Å². The van der Waals surface area contributed by atoms with Crippen LogP contribution in [0, 0.1) is 0 Å². The molecule has 0 spiro atoms. The lowest BCUT2D eigenvalue weighted by Crippen LogP contribution is -2.48. The summed E-state index contributed by atoms with van der Waals surface area (Å²) in [6, 6.07) is 59.1. The van der Waals surface area contributed by atoms with Gasteiger partial charge in [0.05, 0.1) is 92.9 Å². The summed E-state index contributed by atoms with van der Waals surface area (Å²) < 4.78 is 48.7. The highest BCUT2D eigenvalue weighted by molar-refractivity contribution is 6.38. The molecule has 0 radical (unpaired) electrons. The van der Waals surface area contributed by atoms with Gasteiger partial charge in [0.2, 0.25) is 5.78 Å². The Kier molecular flexibility index (Phi) is 41.1. The Hall–Kier alpha value is -15.1. The Bertz CT molecular complexity index is 5890. The summed E-state index contributed by atoms with van der Waals surface area (Å²) in [5, 5.41) is 25.7. The SMILES string of the molecule is CCNC(=O)C(=O)[C@@H]1Cc2ccc(cc2)OCCCCOc2cccc(c2)-c2ccn(n2)-c2ncccc2C(=O)N1.O=C[C@@H]1CC=CCCCOCc2ccccc2C(=O)N1.O=C[C@@H]1CCCCCCOCc2ccccc2C(=O)N1.O=C[C@@H]1CCCCOCCOCc2ccccc2C(=O)N1.O=C[C@@H]1Cc2ccc(cc2)OC/C=C/COc2cccc(c2)-c2ccn(n2)-c2ncccc2C(=O)N1. The highest BCUT2D eigenvalue weighted by Gasteiger charge is 2.30. The van der Waals surface area contributed by atoms with E-state index >= 15 is 0 Å². The van der Waals surface area contributed by atoms with E-state index in [0.717, 1.165) is 134 Å². The number of aromatic nitrogens is 6. The molecule has 4 aromatic heterocycles. The molecule has 11 heterocycles. The molecule has 11 aromatic rings. The lowest BCUT2D eigenvalue weighted by Gasteiger charge is -2.18. The number of benzene rings is 7. The van der Waals surface area contributed by atoms with Crippen molar-refractivity contribution in [3.8, 4) is 57.1 Å². The average Bonchev–Trinajstić information content (AvgIpc) is 1.64. The number of amides is 6. The molecule has 31 heteroatoms. The Morgan fingerprint density at radius 1 is 0.384 bits per heavy atom. The number of ketones is 1. The highest BCUT2D eigenvalue weighted by Crippen LogP contribution is 2.29. The quantitative estimate of drug-likeness (QED) is 0.0490. The lowest BCUT2D eigenvalue weighted by atomic mass is 10.0. The standard InChI is InChI=1S/C31H31N5O5.C28H24N4O4.C16H21NO4.C16H21NO3.C16H19NO3/c1-2-32-31(39)28(37)27-19-21-10-12-23(13-11-21)40-17-3-4-18-41-24-8-5-7-22(20-24)26-14-16-36(35-26)29-25(30(38)34-27)9-6-15-33-29;33-19-22-17-20-8-10-23(11-9-20)35-15-1-2-16-36-24-6-3-5-21(18-24)26-12-14-32(31-26)27-25(28(34)30-22)7-4-13-29-27;18-11-14-6-3-4-8-20-9-10-21-12-13-5-1-2-7-15(13)16(19)17-14;2*18-11-14-8-3-1-2-6-10-20-12-13-7-4-5-9-15(13)16(19)17-14/h5-16,20,27H,2-4,17-19H2,1H3,(H,32,39)(H,34,38);1-14,18-19,22H,15-17H2,(H,30,34);1-2,5,7,11,14H,3-4,6,8-10,12H2,(H,17,19);4-5,7,9,11,14H,1-3,6,8,10,12H2,(H,17,19);1,3-5,7,9,11,14H,2,6,8,10,12H2,(H,17,19)/b;2-1+;;;/t27-;22-;3*14-/m00000/s1. The van der Waals surface area contributed by atoms with Gasteiger partial charge >= 0.3 is 0 Å². The van der Waals surface area contributed by atoms with Crippen molar-refractivity contribution in [2.75, 3.05) is 66.0 Å². The van der Waals surface area contributed by atoms with Gasteiger partial charge in [0.1, 0.15) is 67.4 Å². The molecule has 6 amide bonds. The zero-order valence-electron chi connectivity index (χ0n) is 77.2. The van der Waals surface area contributed by atoms with E-state index < -0.39 is 53.7 Å². The van der Waals surface area contributed by atoms with E-state index in [-0.39, 0.29) is 35.5 Å². The van der Waals surface area contributed by atoms with Crippen LogP contribution in [0.3, 0.4) is 0 Å². The summed E-state index contributed by atoms with van der Waals surface area (Å²) in [5.41, 5.74) is 9.54. The lowest BCUT2D eigenvalue weighted by molar-refractivity contribution is -0.138. The molecule has 6 N–H and O–H groups in total. The topological polar surface area (TPSA) is 395 Å². The minimum atomic E-state index is -1.09. The molecular weight excluding hydrogens is 1760 g/mol. The predicted molar refractivity (Wildman–Crippen MR) is 517 cm³/mol. The first-order valence-corrected chi connectivity index (χ1v) is 46.6. The molecule has 0 aliphatic carbocycles. The van der Waals surface area contributed by atoms with Crippen molar-refractivity contribution in [1.82, 2.24) is 61.4 Å². The zero-order chi connectivity index (χ0) is 96.7. The fourth-order valence-electron chi connectivity index (χ4n) is 15.1. The van der Waals surface area contributed by atoms with Crippen LogP contribution < -0.4 is 50.8 Å². The number of aldehydes is 4. The van der Waals surface area contributed by atoms with Crippen LogP contribution in [0.2, 0.25) is 0 Å². The smallest absolute Gasteiger partial charge is 0.289 e. The number of Topliss-reactive ketones (excluding diaryl/α,β-unsaturated/α-hetero) is 1. The number of carbonyl (C=O) groups is 11. The van der Waals surface area contributed by atoms with E-state index in [1.54, 1.807) is 84.9 Å². The minimum Gasteiger partial charge on any atom is -0.494 e. The van der Waals surface area contributed by atoms with Gasteiger partial charge in [-0.05, 0) is 221 Å². The van der Waals surface area contributed by atoms with Crippen molar-refractivity contribution in [2.45, 2.75) is 153 Å². The fourth-order valence-corrected chi connectivity index (χ4v) is 15.1. The molecule has 7 aliphatic rings. The summed E-state index contributed by atoms with van der Waals surface area (Å²) in [7, 11) is 0. The van der Waals surface area contributed by atoms with Crippen molar-refractivity contribution < 1.29 is 90.6 Å². The number of fused-ring (bicyclic) bond motifs is 22. The van der Waals surface area contributed by atoms with Gasteiger partial charge in [0, 0.05) is 85.4 Å². The molecule has 138 heavy (non-hydrogen) atoms. The second-order valence-electron chi connectivity index (χ2n) is 32.7. The first-order valence-electron chi connectivity index (χ1n) is 46.6. The summed E-state index contributed by atoms with van der Waals surface area (Å²) in [4.78, 5) is 143. The van der Waals surface area contributed by atoms with Crippen LogP contribution in [0.25, 0.3) is 34.2 Å². The minimum absolute atomic E-state index is 0.122. The van der Waals surface area contributed by atoms with Gasteiger partial charge in [0.25, 0.3) is 35.4 Å². The normalized spacial score (nSPS) is 18.5. The molecule has 0 saturated heterocycles. The number of rotatable bonds is 7. The molecule has 7 aromatic carbocycles. The molecule has 5 atom stereocenters. The van der Waals surface area contributed by atoms with Crippen LogP contribution in [0.15, 0.2) is 255 Å². The number of ether oxygens (including phenoxy) is 8. The molecule has 0 fully saturated rings. The molecule has 0 saturated carbocycles. The van der Waals surface area contributed by atoms with Crippen molar-refractivity contribution in [3.05, 3.63) is 311 Å². The van der Waals surface area contributed by atoms with Crippen LogP contribution in [0.1, 0.15) is 170 Å². The van der Waals surface area contributed by atoms with E-state index in [0.29, 0.717) is 168 Å². The van der Waals surface area contributed by atoms with Crippen LogP contribution in [-0.4, -0.2) is 192 Å². The van der Waals surface area contributed by atoms with E-state index in [4.69, 9.17) is 37.9 Å². The number of pyridine rings is 2. The Balaban J connectivity index is 0.000000160. The third kappa shape index (κ3) is 32.1. The van der Waals surface area contributed by atoms with Crippen molar-refractivity contribution in [3.63, 3.8) is 0 Å².